The molecule has 0 saturated heterocycles. The molecule has 1 aromatic rings. The molecule has 1 rings (SSSR count). The molecule has 0 aliphatic rings. The third-order valence-corrected chi connectivity index (χ3v) is 2.64. The predicted molar refractivity (Wildman–Crippen MR) is 70.9 cm³/mol. The summed E-state index contributed by atoms with van der Waals surface area (Å²) >= 11 is 0. The second-order valence-electron chi connectivity index (χ2n) is 3.73. The van der Waals surface area contributed by atoms with Gasteiger partial charge in [-0.2, -0.15) is 0 Å². The Morgan fingerprint density at radius 1 is 1.53 bits per heavy atom. The minimum atomic E-state index is -0.0446. The zero-order valence-electron chi connectivity index (χ0n) is 10.3. The number of ether oxygens (including phenoxy) is 1. The van der Waals surface area contributed by atoms with E-state index in [1.807, 2.05) is 13.0 Å². The van der Waals surface area contributed by atoms with Crippen molar-refractivity contribution in [2.45, 2.75) is 13.0 Å². The van der Waals surface area contributed by atoms with Gasteiger partial charge in [0, 0.05) is 25.2 Å². The van der Waals surface area contributed by atoms with Crippen LogP contribution in [0.15, 0.2) is 24.3 Å². The minimum Gasteiger partial charge on any atom is -0.497 e. The lowest BCUT2D eigenvalue weighted by molar-refractivity contribution is 0.0748. The fourth-order valence-electron chi connectivity index (χ4n) is 1.32. The lowest BCUT2D eigenvalue weighted by atomic mass is 10.1. The number of hydrogen-bond donors (Lipinski definition) is 1. The fourth-order valence-corrected chi connectivity index (χ4v) is 1.32. The number of amides is 1. The van der Waals surface area contributed by atoms with E-state index in [0.29, 0.717) is 17.9 Å². The summed E-state index contributed by atoms with van der Waals surface area (Å²) in [6, 6.07) is 7.13. The average Bonchev–Trinajstić information content (AvgIpc) is 2.36. The van der Waals surface area contributed by atoms with Crippen molar-refractivity contribution in [3.8, 4) is 5.75 Å². The van der Waals surface area contributed by atoms with Gasteiger partial charge in [-0.3, -0.25) is 4.79 Å². The topological polar surface area (TPSA) is 55.6 Å². The molecule has 1 aromatic carbocycles. The molecule has 4 nitrogen and oxygen atoms in total. The molecule has 0 heterocycles. The van der Waals surface area contributed by atoms with Gasteiger partial charge in [-0.15, -0.1) is 12.4 Å². The summed E-state index contributed by atoms with van der Waals surface area (Å²) in [6.45, 7) is 2.37. The highest BCUT2D eigenvalue weighted by Crippen LogP contribution is 2.14. The summed E-state index contributed by atoms with van der Waals surface area (Å²) in [5.74, 6) is 0.636. The number of likely N-dealkylation sites (N-methyl/N-ethyl adjacent to an activating group) is 1. The smallest absolute Gasteiger partial charge is 0.254 e. The molecule has 0 bridgehead atoms. The molecule has 1 atom stereocenters. The van der Waals surface area contributed by atoms with E-state index in [9.17, 15) is 4.79 Å². The number of carbonyl (C=O) groups excluding carboxylic acids is 1. The van der Waals surface area contributed by atoms with Gasteiger partial charge < -0.3 is 15.4 Å². The van der Waals surface area contributed by atoms with Crippen molar-refractivity contribution in [1.82, 2.24) is 4.90 Å². The van der Waals surface area contributed by atoms with Gasteiger partial charge in [0.2, 0.25) is 0 Å². The molecule has 0 spiro atoms. The number of nitrogens with zero attached hydrogens (tertiary/aromatic N) is 1. The molecule has 2 N–H and O–H groups in total. The van der Waals surface area contributed by atoms with Crippen LogP contribution >= 0.6 is 12.4 Å². The van der Waals surface area contributed by atoms with Gasteiger partial charge in [-0.1, -0.05) is 6.07 Å². The Bertz CT molecular complexity index is 371. The van der Waals surface area contributed by atoms with Gasteiger partial charge in [0.1, 0.15) is 5.75 Å². The number of benzene rings is 1. The Hall–Kier alpha value is -1.26. The maximum atomic E-state index is 12.0. The Morgan fingerprint density at radius 3 is 2.71 bits per heavy atom. The number of halogens is 1. The van der Waals surface area contributed by atoms with Crippen LogP contribution in [0.3, 0.4) is 0 Å². The second kappa shape index (κ2) is 7.14. The van der Waals surface area contributed by atoms with Gasteiger partial charge in [0.25, 0.3) is 5.91 Å². The summed E-state index contributed by atoms with van der Waals surface area (Å²) in [6.07, 6.45) is 0. The third-order valence-electron chi connectivity index (χ3n) is 2.64. The first-order valence-corrected chi connectivity index (χ1v) is 5.21. The molecule has 0 saturated carbocycles. The maximum Gasteiger partial charge on any atom is 0.254 e. The molecule has 96 valence electrons. The molecule has 17 heavy (non-hydrogen) atoms. The van der Waals surface area contributed by atoms with Crippen LogP contribution in [-0.4, -0.2) is 37.6 Å². The predicted octanol–water partition coefficient (Wildman–Crippen LogP) is 1.54. The van der Waals surface area contributed by atoms with Crippen LogP contribution in [0.2, 0.25) is 0 Å². The van der Waals surface area contributed by atoms with E-state index < -0.39 is 0 Å². The van der Waals surface area contributed by atoms with E-state index in [1.54, 1.807) is 37.3 Å². The van der Waals surface area contributed by atoms with Crippen LogP contribution in [0.1, 0.15) is 17.3 Å². The first-order chi connectivity index (χ1) is 7.60. The lowest BCUT2D eigenvalue weighted by Crippen LogP contribution is -2.39. The fraction of sp³-hybridized carbons (Fsp3) is 0.417. The molecular formula is C12H19ClN2O2. The molecule has 0 fully saturated rings. The van der Waals surface area contributed by atoms with Crippen LogP contribution in [0, 0.1) is 0 Å². The first kappa shape index (κ1) is 15.7. The van der Waals surface area contributed by atoms with Crippen molar-refractivity contribution in [1.29, 1.82) is 0 Å². The van der Waals surface area contributed by atoms with Crippen molar-refractivity contribution < 1.29 is 9.53 Å². The standard InChI is InChI=1S/C12H18N2O2.ClH/c1-9(8-13)14(2)12(15)10-5-4-6-11(7-10)16-3;/h4-7,9H,8,13H2,1-3H3;1H. The lowest BCUT2D eigenvalue weighted by Gasteiger charge is -2.23. The Balaban J connectivity index is 0.00000256. The van der Waals surface area contributed by atoms with Crippen molar-refractivity contribution in [2.24, 2.45) is 5.73 Å². The third kappa shape index (κ3) is 3.91. The number of methoxy groups -OCH3 is 1. The van der Waals surface area contributed by atoms with Gasteiger partial charge in [0.15, 0.2) is 0 Å². The van der Waals surface area contributed by atoms with E-state index in [-0.39, 0.29) is 24.4 Å². The van der Waals surface area contributed by atoms with Crippen LogP contribution in [-0.2, 0) is 0 Å². The minimum absolute atomic E-state index is 0. The number of carbonyl (C=O) groups is 1. The highest BCUT2D eigenvalue weighted by Gasteiger charge is 2.16. The van der Waals surface area contributed by atoms with Crippen LogP contribution in [0.25, 0.3) is 0 Å². The molecule has 1 unspecified atom stereocenters. The highest BCUT2D eigenvalue weighted by molar-refractivity contribution is 5.94. The van der Waals surface area contributed by atoms with Crippen molar-refractivity contribution >= 4 is 18.3 Å². The van der Waals surface area contributed by atoms with Crippen LogP contribution in [0.5, 0.6) is 5.75 Å². The van der Waals surface area contributed by atoms with Crippen molar-refractivity contribution in [3.05, 3.63) is 29.8 Å². The normalized spacial score (nSPS) is 11.3. The zero-order valence-corrected chi connectivity index (χ0v) is 11.2. The largest absolute Gasteiger partial charge is 0.497 e. The van der Waals surface area contributed by atoms with Crippen molar-refractivity contribution in [2.75, 3.05) is 20.7 Å². The highest BCUT2D eigenvalue weighted by atomic mass is 35.5. The summed E-state index contributed by atoms with van der Waals surface area (Å²) in [7, 11) is 3.33. The Morgan fingerprint density at radius 2 is 2.18 bits per heavy atom. The van der Waals surface area contributed by atoms with Gasteiger partial charge in [0.05, 0.1) is 7.11 Å². The monoisotopic (exact) mass is 258 g/mol. The summed E-state index contributed by atoms with van der Waals surface area (Å²) in [5, 5.41) is 0. The number of hydrogen-bond acceptors (Lipinski definition) is 3. The summed E-state index contributed by atoms with van der Waals surface area (Å²) in [5.41, 5.74) is 6.14. The molecular weight excluding hydrogens is 240 g/mol. The number of rotatable bonds is 4. The van der Waals surface area contributed by atoms with Crippen LogP contribution < -0.4 is 10.5 Å². The van der Waals surface area contributed by atoms with Crippen molar-refractivity contribution in [3.63, 3.8) is 0 Å². The van der Waals surface area contributed by atoms with E-state index >= 15 is 0 Å². The molecule has 0 radical (unpaired) electrons. The van der Waals surface area contributed by atoms with Gasteiger partial charge >= 0.3 is 0 Å². The van der Waals surface area contributed by atoms with Crippen LogP contribution in [0.4, 0.5) is 0 Å². The zero-order chi connectivity index (χ0) is 12.1. The van der Waals surface area contributed by atoms with Gasteiger partial charge in [-0.05, 0) is 25.1 Å². The summed E-state index contributed by atoms with van der Waals surface area (Å²) < 4.78 is 5.08. The van der Waals surface area contributed by atoms with E-state index in [4.69, 9.17) is 10.5 Å². The molecule has 5 heteroatoms. The molecule has 0 aromatic heterocycles. The van der Waals surface area contributed by atoms with E-state index in [1.165, 1.54) is 0 Å². The first-order valence-electron chi connectivity index (χ1n) is 5.21. The summed E-state index contributed by atoms with van der Waals surface area (Å²) in [4.78, 5) is 13.7. The quantitative estimate of drug-likeness (QED) is 0.891. The van der Waals surface area contributed by atoms with E-state index in [0.717, 1.165) is 0 Å². The van der Waals surface area contributed by atoms with E-state index in [2.05, 4.69) is 0 Å². The number of nitrogens with two attached hydrogens (primary N) is 1. The average molecular weight is 259 g/mol. The maximum absolute atomic E-state index is 12.0. The van der Waals surface area contributed by atoms with Gasteiger partial charge in [-0.25, -0.2) is 0 Å². The Labute approximate surface area is 108 Å². The molecule has 0 aliphatic heterocycles. The molecule has 0 aliphatic carbocycles. The SMILES string of the molecule is COc1cccc(C(=O)N(C)C(C)CN)c1.Cl. The second-order valence-corrected chi connectivity index (χ2v) is 3.73. The Kier molecular flexibility index (Phi) is 6.61. The molecule has 1 amide bonds.